The molecule has 0 saturated carbocycles. The van der Waals surface area contributed by atoms with Crippen molar-refractivity contribution in [3.05, 3.63) is 83.9 Å². The number of rotatable bonds is 6. The summed E-state index contributed by atoms with van der Waals surface area (Å²) >= 11 is 0. The average Bonchev–Trinajstić information content (AvgIpc) is 3.31. The summed E-state index contributed by atoms with van der Waals surface area (Å²) in [5.41, 5.74) is 3.48. The number of anilines is 1. The van der Waals surface area contributed by atoms with Crippen LogP contribution in [0.1, 0.15) is 30.6 Å². The first-order valence-corrected chi connectivity index (χ1v) is 12.4. The van der Waals surface area contributed by atoms with Crippen LogP contribution in [-0.2, 0) is 14.3 Å². The molecule has 0 aromatic heterocycles. The SMILES string of the molecule is CC(=O)NC[C@H]1CN(c2ccc(C3=CCN(C(=O)C(O)c4cccc5ccccc45)CC3)cc2)C(=O)O1. The van der Waals surface area contributed by atoms with Crippen LogP contribution < -0.4 is 10.2 Å². The first-order valence-electron chi connectivity index (χ1n) is 12.4. The largest absolute Gasteiger partial charge is 0.442 e. The molecule has 2 aliphatic rings. The number of hydrogen-bond donors (Lipinski definition) is 2. The number of cyclic esters (lactones) is 1. The van der Waals surface area contributed by atoms with E-state index < -0.39 is 12.2 Å². The number of fused-ring (bicyclic) bond motifs is 1. The van der Waals surface area contributed by atoms with Gasteiger partial charge in [0.05, 0.1) is 13.1 Å². The van der Waals surface area contributed by atoms with E-state index in [1.165, 1.54) is 6.92 Å². The summed E-state index contributed by atoms with van der Waals surface area (Å²) in [6, 6.07) is 21.0. The van der Waals surface area contributed by atoms with Crippen LogP contribution in [0.15, 0.2) is 72.8 Å². The molecule has 1 saturated heterocycles. The van der Waals surface area contributed by atoms with E-state index in [1.54, 1.807) is 15.9 Å². The lowest BCUT2D eigenvalue weighted by Crippen LogP contribution is -2.38. The fourth-order valence-corrected chi connectivity index (χ4v) is 4.88. The quantitative estimate of drug-likeness (QED) is 0.540. The van der Waals surface area contributed by atoms with Gasteiger partial charge in [0.1, 0.15) is 6.10 Å². The molecule has 2 heterocycles. The summed E-state index contributed by atoms with van der Waals surface area (Å²) in [6.07, 6.45) is 0.649. The monoisotopic (exact) mass is 499 g/mol. The van der Waals surface area contributed by atoms with Crippen molar-refractivity contribution in [1.29, 1.82) is 0 Å². The number of ether oxygens (including phenoxy) is 1. The van der Waals surface area contributed by atoms with E-state index in [2.05, 4.69) is 5.32 Å². The number of hydrogen-bond acceptors (Lipinski definition) is 5. The number of carbonyl (C=O) groups excluding carboxylic acids is 3. The minimum atomic E-state index is -1.21. The van der Waals surface area contributed by atoms with Gasteiger partial charge in [0, 0.05) is 25.7 Å². The number of nitrogens with zero attached hydrogens (tertiary/aromatic N) is 2. The van der Waals surface area contributed by atoms with Crippen molar-refractivity contribution in [2.45, 2.75) is 25.6 Å². The van der Waals surface area contributed by atoms with Crippen LogP contribution in [0.4, 0.5) is 10.5 Å². The van der Waals surface area contributed by atoms with Gasteiger partial charge in [-0.2, -0.15) is 0 Å². The highest BCUT2D eigenvalue weighted by atomic mass is 16.6. The van der Waals surface area contributed by atoms with E-state index in [0.29, 0.717) is 31.6 Å². The van der Waals surface area contributed by atoms with Gasteiger partial charge in [-0.25, -0.2) is 4.79 Å². The molecule has 3 amide bonds. The summed E-state index contributed by atoms with van der Waals surface area (Å²) in [5.74, 6) is -0.466. The highest BCUT2D eigenvalue weighted by molar-refractivity contribution is 5.93. The van der Waals surface area contributed by atoms with E-state index >= 15 is 0 Å². The third-order valence-corrected chi connectivity index (χ3v) is 6.88. The third-order valence-electron chi connectivity index (χ3n) is 6.88. The summed E-state index contributed by atoms with van der Waals surface area (Å²) < 4.78 is 5.34. The van der Waals surface area contributed by atoms with Gasteiger partial charge >= 0.3 is 6.09 Å². The van der Waals surface area contributed by atoms with Crippen molar-refractivity contribution in [3.8, 4) is 0 Å². The van der Waals surface area contributed by atoms with Crippen molar-refractivity contribution in [3.63, 3.8) is 0 Å². The highest BCUT2D eigenvalue weighted by Crippen LogP contribution is 2.29. The van der Waals surface area contributed by atoms with E-state index in [-0.39, 0.29) is 24.5 Å². The molecule has 1 fully saturated rings. The van der Waals surface area contributed by atoms with Crippen LogP contribution in [0, 0.1) is 0 Å². The number of aliphatic hydroxyl groups excluding tert-OH is 1. The van der Waals surface area contributed by atoms with E-state index in [1.807, 2.05) is 66.7 Å². The molecule has 0 aliphatic carbocycles. The maximum atomic E-state index is 13.1. The first kappa shape index (κ1) is 24.5. The Morgan fingerprint density at radius 1 is 1.08 bits per heavy atom. The minimum Gasteiger partial charge on any atom is -0.442 e. The number of carbonyl (C=O) groups is 3. The minimum absolute atomic E-state index is 0.164. The van der Waals surface area contributed by atoms with Gasteiger partial charge in [-0.3, -0.25) is 14.5 Å². The molecular formula is C29H29N3O5. The number of benzene rings is 3. The lowest BCUT2D eigenvalue weighted by Gasteiger charge is -2.29. The summed E-state index contributed by atoms with van der Waals surface area (Å²) in [6.45, 7) is 3.01. The van der Waals surface area contributed by atoms with Crippen molar-refractivity contribution in [2.75, 3.05) is 31.1 Å². The van der Waals surface area contributed by atoms with Gasteiger partial charge < -0.3 is 20.1 Å². The van der Waals surface area contributed by atoms with Gasteiger partial charge in [0.25, 0.3) is 5.91 Å². The molecule has 0 radical (unpaired) electrons. The van der Waals surface area contributed by atoms with Crippen molar-refractivity contribution in [2.24, 2.45) is 0 Å². The second-order valence-electron chi connectivity index (χ2n) is 9.33. The molecule has 3 aromatic carbocycles. The van der Waals surface area contributed by atoms with Crippen molar-refractivity contribution in [1.82, 2.24) is 10.2 Å². The van der Waals surface area contributed by atoms with E-state index in [0.717, 1.165) is 27.6 Å². The van der Waals surface area contributed by atoms with Crippen LogP contribution in [0.5, 0.6) is 0 Å². The molecule has 1 unspecified atom stereocenters. The Bertz CT molecular complexity index is 1360. The first-order chi connectivity index (χ1) is 17.9. The Balaban J connectivity index is 1.22. The normalized spacial score (nSPS) is 18.4. The van der Waals surface area contributed by atoms with Crippen LogP contribution in [0.2, 0.25) is 0 Å². The second kappa shape index (κ2) is 10.4. The lowest BCUT2D eigenvalue weighted by atomic mass is 9.97. The molecule has 37 heavy (non-hydrogen) atoms. The molecule has 2 aliphatic heterocycles. The zero-order chi connectivity index (χ0) is 25.9. The maximum Gasteiger partial charge on any atom is 0.414 e. The Hall–Kier alpha value is -4.17. The van der Waals surface area contributed by atoms with Crippen LogP contribution in [0.25, 0.3) is 16.3 Å². The summed E-state index contributed by atoms with van der Waals surface area (Å²) in [5, 5.41) is 15.4. The zero-order valence-corrected chi connectivity index (χ0v) is 20.6. The molecule has 0 bridgehead atoms. The number of amides is 3. The molecule has 190 valence electrons. The van der Waals surface area contributed by atoms with Crippen LogP contribution in [0.3, 0.4) is 0 Å². The Kier molecular flexibility index (Phi) is 6.92. The molecule has 2 atom stereocenters. The summed E-state index contributed by atoms with van der Waals surface area (Å²) in [7, 11) is 0. The van der Waals surface area contributed by atoms with Crippen LogP contribution in [-0.4, -0.2) is 60.2 Å². The second-order valence-corrected chi connectivity index (χ2v) is 9.33. The zero-order valence-electron chi connectivity index (χ0n) is 20.6. The highest BCUT2D eigenvalue weighted by Gasteiger charge is 2.32. The van der Waals surface area contributed by atoms with Gasteiger partial charge in [0.2, 0.25) is 5.91 Å². The lowest BCUT2D eigenvalue weighted by molar-refractivity contribution is -0.140. The predicted molar refractivity (Wildman–Crippen MR) is 141 cm³/mol. The Morgan fingerprint density at radius 3 is 2.57 bits per heavy atom. The molecule has 8 nitrogen and oxygen atoms in total. The van der Waals surface area contributed by atoms with Gasteiger partial charge in [-0.05, 0) is 46.0 Å². The molecule has 8 heteroatoms. The smallest absolute Gasteiger partial charge is 0.414 e. The molecule has 2 N–H and O–H groups in total. The van der Waals surface area contributed by atoms with E-state index in [9.17, 15) is 19.5 Å². The number of aliphatic hydroxyl groups is 1. The summed E-state index contributed by atoms with van der Waals surface area (Å²) in [4.78, 5) is 39.7. The Morgan fingerprint density at radius 2 is 1.84 bits per heavy atom. The number of nitrogens with one attached hydrogen (secondary N) is 1. The van der Waals surface area contributed by atoms with Gasteiger partial charge in [0.15, 0.2) is 6.10 Å². The fraction of sp³-hybridized carbons (Fsp3) is 0.276. The fourth-order valence-electron chi connectivity index (χ4n) is 4.88. The molecule has 5 rings (SSSR count). The van der Waals surface area contributed by atoms with Crippen LogP contribution >= 0.6 is 0 Å². The Labute approximate surface area is 215 Å². The average molecular weight is 500 g/mol. The molecular weight excluding hydrogens is 470 g/mol. The predicted octanol–water partition coefficient (Wildman–Crippen LogP) is 3.65. The standard InChI is InChI=1S/C29H29N3O5/c1-19(33)30-17-24-18-32(29(36)37-24)23-11-9-20(10-12-23)21-13-15-31(16-14-21)28(35)27(34)26-8-4-6-22-5-2-3-7-25(22)26/h2-13,24,27,34H,14-18H2,1H3,(H,30,33)/t24-,27?/m0/s1. The van der Waals surface area contributed by atoms with E-state index in [4.69, 9.17) is 4.74 Å². The molecule has 3 aromatic rings. The van der Waals surface area contributed by atoms with Gasteiger partial charge in [-0.1, -0.05) is 60.7 Å². The maximum absolute atomic E-state index is 13.1. The molecule has 0 spiro atoms. The third kappa shape index (κ3) is 5.20. The topological polar surface area (TPSA) is 99.2 Å². The van der Waals surface area contributed by atoms with Crippen molar-refractivity contribution < 1.29 is 24.2 Å². The van der Waals surface area contributed by atoms with Crippen molar-refractivity contribution >= 4 is 39.9 Å². The van der Waals surface area contributed by atoms with Gasteiger partial charge in [-0.15, -0.1) is 0 Å².